The normalized spacial score (nSPS) is 15.6. The van der Waals surface area contributed by atoms with E-state index in [1.54, 1.807) is 56.3 Å². The molecule has 0 saturated heterocycles. The number of esters is 1. The summed E-state index contributed by atoms with van der Waals surface area (Å²) in [6, 6.07) is 11.2. The molecular formula is C25H23ClN2O5S. The molecule has 0 fully saturated rings. The van der Waals surface area contributed by atoms with Crippen LogP contribution in [0.15, 0.2) is 63.5 Å². The number of benzene rings is 2. The van der Waals surface area contributed by atoms with Crippen molar-refractivity contribution in [3.8, 4) is 11.5 Å². The van der Waals surface area contributed by atoms with E-state index in [0.29, 0.717) is 43.5 Å². The Labute approximate surface area is 204 Å². The number of rotatable bonds is 6. The van der Waals surface area contributed by atoms with Crippen LogP contribution >= 0.6 is 22.9 Å². The number of aromatic hydroxyl groups is 1. The van der Waals surface area contributed by atoms with Gasteiger partial charge in [0.25, 0.3) is 5.56 Å². The molecule has 0 amide bonds. The molecule has 1 N–H and O–H groups in total. The number of fused-ring (bicyclic) bond motifs is 1. The zero-order valence-electron chi connectivity index (χ0n) is 18.9. The first kappa shape index (κ1) is 23.8. The molecule has 2 aromatic carbocycles. The molecular weight excluding hydrogens is 476 g/mol. The average Bonchev–Trinajstić information content (AvgIpc) is 3.10. The van der Waals surface area contributed by atoms with Crippen molar-refractivity contribution >= 4 is 35.0 Å². The molecule has 0 radical (unpaired) electrons. The first-order chi connectivity index (χ1) is 16.3. The molecule has 2 heterocycles. The summed E-state index contributed by atoms with van der Waals surface area (Å²) in [4.78, 5) is 31.5. The largest absolute Gasteiger partial charge is 0.504 e. The molecule has 0 aliphatic carbocycles. The smallest absolute Gasteiger partial charge is 0.338 e. The minimum Gasteiger partial charge on any atom is -0.504 e. The highest BCUT2D eigenvalue weighted by molar-refractivity contribution is 7.07. The lowest BCUT2D eigenvalue weighted by Gasteiger charge is -2.24. The Hall–Kier alpha value is -3.36. The van der Waals surface area contributed by atoms with Gasteiger partial charge in [0.15, 0.2) is 16.3 Å². The Morgan fingerprint density at radius 1 is 1.21 bits per heavy atom. The summed E-state index contributed by atoms with van der Waals surface area (Å²) in [6.45, 7) is 5.89. The van der Waals surface area contributed by atoms with Gasteiger partial charge in [0.05, 0.1) is 35.1 Å². The van der Waals surface area contributed by atoms with Crippen LogP contribution in [0.2, 0.25) is 5.02 Å². The number of thiazole rings is 1. The van der Waals surface area contributed by atoms with Crippen LogP contribution in [0.4, 0.5) is 0 Å². The SMILES string of the molecule is CCOC(=O)C1=C(C)N=c2sc(=Cc3ccc(O)c(OCC)c3)c(=O)n2C1c1ccc(Cl)cc1. The number of allylic oxidation sites excluding steroid dienone is 1. The molecule has 3 aromatic rings. The van der Waals surface area contributed by atoms with Crippen LogP contribution in [0.3, 0.4) is 0 Å². The molecule has 0 spiro atoms. The van der Waals surface area contributed by atoms with Crippen molar-refractivity contribution in [1.29, 1.82) is 0 Å². The molecule has 1 aromatic heterocycles. The zero-order chi connectivity index (χ0) is 24.4. The highest BCUT2D eigenvalue weighted by Crippen LogP contribution is 2.31. The fourth-order valence-electron chi connectivity index (χ4n) is 3.79. The van der Waals surface area contributed by atoms with Gasteiger partial charge in [0.1, 0.15) is 0 Å². The summed E-state index contributed by atoms with van der Waals surface area (Å²) in [5.74, 6) is -0.153. The number of carbonyl (C=O) groups is 1. The lowest BCUT2D eigenvalue weighted by Crippen LogP contribution is -2.39. The molecule has 34 heavy (non-hydrogen) atoms. The molecule has 1 unspecified atom stereocenters. The van der Waals surface area contributed by atoms with Crippen LogP contribution in [-0.4, -0.2) is 28.9 Å². The van der Waals surface area contributed by atoms with E-state index in [4.69, 9.17) is 21.1 Å². The number of phenolic OH excluding ortho intramolecular Hbond substituents is 1. The van der Waals surface area contributed by atoms with Crippen molar-refractivity contribution in [3.05, 3.63) is 89.6 Å². The second-order valence-corrected chi connectivity index (χ2v) is 8.96. The van der Waals surface area contributed by atoms with E-state index in [9.17, 15) is 14.7 Å². The fourth-order valence-corrected chi connectivity index (χ4v) is 4.97. The Balaban J connectivity index is 1.91. The van der Waals surface area contributed by atoms with Gasteiger partial charge in [-0.15, -0.1) is 0 Å². The summed E-state index contributed by atoms with van der Waals surface area (Å²) in [6.07, 6.45) is 1.72. The lowest BCUT2D eigenvalue weighted by molar-refractivity contribution is -0.139. The number of phenols is 1. The average molecular weight is 499 g/mol. The number of carbonyl (C=O) groups excluding carboxylic acids is 1. The van der Waals surface area contributed by atoms with Gasteiger partial charge in [0, 0.05) is 5.02 Å². The van der Waals surface area contributed by atoms with Gasteiger partial charge < -0.3 is 14.6 Å². The van der Waals surface area contributed by atoms with E-state index >= 15 is 0 Å². The van der Waals surface area contributed by atoms with Gasteiger partial charge >= 0.3 is 5.97 Å². The number of ether oxygens (including phenoxy) is 2. The van der Waals surface area contributed by atoms with Gasteiger partial charge in [-0.3, -0.25) is 9.36 Å². The van der Waals surface area contributed by atoms with Crippen LogP contribution in [0.25, 0.3) is 6.08 Å². The van der Waals surface area contributed by atoms with Crippen molar-refractivity contribution in [3.63, 3.8) is 0 Å². The zero-order valence-corrected chi connectivity index (χ0v) is 20.4. The van der Waals surface area contributed by atoms with Crippen LogP contribution in [-0.2, 0) is 9.53 Å². The number of hydrogen-bond donors (Lipinski definition) is 1. The molecule has 4 rings (SSSR count). The molecule has 7 nitrogen and oxygen atoms in total. The van der Waals surface area contributed by atoms with E-state index in [-0.39, 0.29) is 17.9 Å². The maximum atomic E-state index is 13.6. The third kappa shape index (κ3) is 4.51. The summed E-state index contributed by atoms with van der Waals surface area (Å²) in [5.41, 5.74) is 1.93. The van der Waals surface area contributed by atoms with Gasteiger partial charge in [0.2, 0.25) is 0 Å². The highest BCUT2D eigenvalue weighted by Gasteiger charge is 2.33. The van der Waals surface area contributed by atoms with Gasteiger partial charge in [-0.1, -0.05) is 41.1 Å². The minimum atomic E-state index is -0.700. The molecule has 1 atom stereocenters. The maximum absolute atomic E-state index is 13.6. The Kier molecular flexibility index (Phi) is 6.90. The Morgan fingerprint density at radius 2 is 1.94 bits per heavy atom. The van der Waals surface area contributed by atoms with E-state index in [2.05, 4.69) is 4.99 Å². The second-order valence-electron chi connectivity index (χ2n) is 7.51. The molecule has 0 bridgehead atoms. The molecule has 176 valence electrons. The van der Waals surface area contributed by atoms with Crippen molar-refractivity contribution in [2.75, 3.05) is 13.2 Å². The van der Waals surface area contributed by atoms with Crippen molar-refractivity contribution in [2.45, 2.75) is 26.8 Å². The quantitative estimate of drug-likeness (QED) is 0.525. The highest BCUT2D eigenvalue weighted by atomic mass is 35.5. The van der Waals surface area contributed by atoms with Gasteiger partial charge in [-0.05, 0) is 62.2 Å². The maximum Gasteiger partial charge on any atom is 0.338 e. The third-order valence-electron chi connectivity index (χ3n) is 5.28. The fraction of sp³-hybridized carbons (Fsp3) is 0.240. The van der Waals surface area contributed by atoms with Crippen molar-refractivity contribution in [2.24, 2.45) is 4.99 Å². The summed E-state index contributed by atoms with van der Waals surface area (Å²) in [5, 5.41) is 10.5. The summed E-state index contributed by atoms with van der Waals surface area (Å²) < 4.78 is 12.7. The lowest BCUT2D eigenvalue weighted by atomic mass is 9.96. The summed E-state index contributed by atoms with van der Waals surface area (Å²) >= 11 is 7.30. The number of hydrogen-bond acceptors (Lipinski definition) is 7. The van der Waals surface area contributed by atoms with Gasteiger partial charge in [-0.2, -0.15) is 0 Å². The van der Waals surface area contributed by atoms with E-state index in [1.165, 1.54) is 22.0 Å². The van der Waals surface area contributed by atoms with E-state index in [1.807, 2.05) is 6.92 Å². The first-order valence-electron chi connectivity index (χ1n) is 10.7. The predicted molar refractivity (Wildman–Crippen MR) is 131 cm³/mol. The Morgan fingerprint density at radius 3 is 2.62 bits per heavy atom. The number of nitrogens with zero attached hydrogens (tertiary/aromatic N) is 2. The van der Waals surface area contributed by atoms with Crippen LogP contribution in [0.1, 0.15) is 37.9 Å². The molecule has 0 saturated carbocycles. The summed E-state index contributed by atoms with van der Waals surface area (Å²) in [7, 11) is 0. The number of aromatic nitrogens is 1. The van der Waals surface area contributed by atoms with Crippen LogP contribution in [0, 0.1) is 0 Å². The van der Waals surface area contributed by atoms with Crippen LogP contribution < -0.4 is 19.6 Å². The molecule has 9 heteroatoms. The van der Waals surface area contributed by atoms with E-state index in [0.717, 1.165) is 5.56 Å². The number of halogens is 1. The van der Waals surface area contributed by atoms with Crippen molar-refractivity contribution < 1.29 is 19.4 Å². The molecule has 1 aliphatic heterocycles. The Bertz CT molecular complexity index is 1450. The minimum absolute atomic E-state index is 0.0258. The van der Waals surface area contributed by atoms with Gasteiger partial charge in [-0.25, -0.2) is 9.79 Å². The predicted octanol–water partition coefficient (Wildman–Crippen LogP) is 3.56. The monoisotopic (exact) mass is 498 g/mol. The van der Waals surface area contributed by atoms with Crippen LogP contribution in [0.5, 0.6) is 11.5 Å². The first-order valence-corrected chi connectivity index (χ1v) is 11.9. The second kappa shape index (κ2) is 9.87. The topological polar surface area (TPSA) is 90.1 Å². The third-order valence-corrected chi connectivity index (χ3v) is 6.52. The van der Waals surface area contributed by atoms with Crippen molar-refractivity contribution in [1.82, 2.24) is 4.57 Å². The molecule has 1 aliphatic rings. The standard InChI is InChI=1S/C25H23ClN2O5S/c1-4-32-19-12-15(6-11-18(19)29)13-20-23(30)28-22(16-7-9-17(26)10-8-16)21(24(31)33-5-2)14(3)27-25(28)34-20/h6-13,22,29H,4-5H2,1-3H3. The van der Waals surface area contributed by atoms with E-state index < -0.39 is 12.0 Å².